The molecule has 0 bridgehead atoms. The Morgan fingerprint density at radius 1 is 1.15 bits per heavy atom. The van der Waals surface area contributed by atoms with E-state index in [9.17, 15) is 0 Å². The number of aromatic nitrogens is 5. The highest BCUT2D eigenvalue weighted by atomic mass is 15.4. The monoisotopic (exact) mass is 344 g/mol. The smallest absolute Gasteiger partial charge is 0.126 e. The van der Waals surface area contributed by atoms with Gasteiger partial charge in [0.1, 0.15) is 11.5 Å². The fourth-order valence-electron chi connectivity index (χ4n) is 3.12. The number of nitrogens with zero attached hydrogens (tertiary/aromatic N) is 5. The van der Waals surface area contributed by atoms with E-state index in [1.807, 2.05) is 48.4 Å². The van der Waals surface area contributed by atoms with Gasteiger partial charge in [0.25, 0.3) is 0 Å². The zero-order valence-corrected chi connectivity index (χ0v) is 14.8. The number of anilines is 1. The van der Waals surface area contributed by atoms with Crippen molar-refractivity contribution >= 4 is 16.6 Å². The van der Waals surface area contributed by atoms with Crippen LogP contribution in [0.25, 0.3) is 22.0 Å². The highest BCUT2D eigenvalue weighted by Gasteiger charge is 2.14. The molecule has 0 aliphatic carbocycles. The van der Waals surface area contributed by atoms with E-state index in [0.29, 0.717) is 0 Å². The van der Waals surface area contributed by atoms with Crippen LogP contribution < -0.4 is 5.32 Å². The minimum absolute atomic E-state index is 0.0671. The SMILES string of the molecule is CCNc1cc(-c2cn([C@H](C)c3cccc4cnccc34)nn2)ccn1. The molecule has 4 rings (SSSR count). The molecular formula is C20H20N6. The van der Waals surface area contributed by atoms with Crippen molar-refractivity contribution in [2.75, 3.05) is 11.9 Å². The maximum atomic E-state index is 4.36. The molecule has 3 heterocycles. The van der Waals surface area contributed by atoms with E-state index in [4.69, 9.17) is 0 Å². The number of benzene rings is 1. The summed E-state index contributed by atoms with van der Waals surface area (Å²) in [5.74, 6) is 0.842. The summed E-state index contributed by atoms with van der Waals surface area (Å²) >= 11 is 0. The summed E-state index contributed by atoms with van der Waals surface area (Å²) in [7, 11) is 0. The maximum Gasteiger partial charge on any atom is 0.126 e. The van der Waals surface area contributed by atoms with Crippen LogP contribution in [0.1, 0.15) is 25.5 Å². The second-order valence-electron chi connectivity index (χ2n) is 6.16. The van der Waals surface area contributed by atoms with Crippen molar-refractivity contribution in [2.24, 2.45) is 0 Å². The predicted molar refractivity (Wildman–Crippen MR) is 103 cm³/mol. The summed E-state index contributed by atoms with van der Waals surface area (Å²) in [4.78, 5) is 8.51. The van der Waals surface area contributed by atoms with Crippen LogP contribution in [-0.4, -0.2) is 31.5 Å². The van der Waals surface area contributed by atoms with E-state index >= 15 is 0 Å². The average Bonchev–Trinajstić information content (AvgIpc) is 3.18. The predicted octanol–water partition coefficient (Wildman–Crippen LogP) is 3.93. The molecule has 0 unspecified atom stereocenters. The lowest BCUT2D eigenvalue weighted by molar-refractivity contribution is 0.546. The summed E-state index contributed by atoms with van der Waals surface area (Å²) in [6.07, 6.45) is 7.48. The molecule has 0 spiro atoms. The number of pyridine rings is 2. The molecule has 6 nitrogen and oxygen atoms in total. The van der Waals surface area contributed by atoms with Crippen molar-refractivity contribution < 1.29 is 0 Å². The lowest BCUT2D eigenvalue weighted by Crippen LogP contribution is -2.08. The first kappa shape index (κ1) is 16.2. The van der Waals surface area contributed by atoms with Gasteiger partial charge in [-0.2, -0.15) is 0 Å². The second kappa shape index (κ2) is 6.92. The van der Waals surface area contributed by atoms with Crippen molar-refractivity contribution in [1.29, 1.82) is 0 Å². The van der Waals surface area contributed by atoms with E-state index in [0.717, 1.165) is 29.0 Å². The first-order chi connectivity index (χ1) is 12.8. The summed E-state index contributed by atoms with van der Waals surface area (Å²) in [5.41, 5.74) is 3.03. The van der Waals surface area contributed by atoms with Gasteiger partial charge in [-0.25, -0.2) is 9.67 Å². The topological polar surface area (TPSA) is 68.5 Å². The van der Waals surface area contributed by atoms with Gasteiger partial charge in [0.15, 0.2) is 0 Å². The Balaban J connectivity index is 1.68. The first-order valence-electron chi connectivity index (χ1n) is 8.71. The maximum absolute atomic E-state index is 4.36. The van der Waals surface area contributed by atoms with Gasteiger partial charge in [-0.15, -0.1) is 5.10 Å². The normalized spacial score (nSPS) is 12.2. The Labute approximate surface area is 151 Å². The standard InChI is InChI=1S/C20H20N6/c1-3-22-20-11-15(7-10-23-20)19-13-26(25-24-19)14(2)17-6-4-5-16-12-21-9-8-18(16)17/h4-14H,3H2,1-2H3,(H,22,23)/t14-/m1/s1. The largest absolute Gasteiger partial charge is 0.370 e. The van der Waals surface area contributed by atoms with Crippen LogP contribution in [0.3, 0.4) is 0 Å². The molecular weight excluding hydrogens is 324 g/mol. The van der Waals surface area contributed by atoms with Crippen molar-refractivity contribution in [1.82, 2.24) is 25.0 Å². The highest BCUT2D eigenvalue weighted by molar-refractivity contribution is 5.85. The molecule has 0 aliphatic rings. The van der Waals surface area contributed by atoms with Gasteiger partial charge in [0.2, 0.25) is 0 Å². The number of hydrogen-bond donors (Lipinski definition) is 1. The molecule has 1 aromatic carbocycles. The van der Waals surface area contributed by atoms with Gasteiger partial charge in [-0.1, -0.05) is 23.4 Å². The van der Waals surface area contributed by atoms with Crippen LogP contribution in [0.5, 0.6) is 0 Å². The third kappa shape index (κ3) is 3.01. The summed E-state index contributed by atoms with van der Waals surface area (Å²) in [6.45, 7) is 5.01. The fourth-order valence-corrected chi connectivity index (χ4v) is 3.12. The van der Waals surface area contributed by atoms with E-state index in [1.165, 1.54) is 10.9 Å². The lowest BCUT2D eigenvalue weighted by Gasteiger charge is -2.14. The molecule has 1 N–H and O–H groups in total. The molecule has 6 heteroatoms. The number of rotatable bonds is 5. The van der Waals surface area contributed by atoms with Crippen LogP contribution >= 0.6 is 0 Å². The minimum atomic E-state index is 0.0671. The Morgan fingerprint density at radius 2 is 2.08 bits per heavy atom. The van der Waals surface area contributed by atoms with Gasteiger partial charge in [-0.3, -0.25) is 4.98 Å². The fraction of sp³-hybridized carbons (Fsp3) is 0.200. The summed E-state index contributed by atoms with van der Waals surface area (Å²) < 4.78 is 1.90. The van der Waals surface area contributed by atoms with Crippen molar-refractivity contribution in [3.63, 3.8) is 0 Å². The zero-order valence-electron chi connectivity index (χ0n) is 14.8. The average molecular weight is 344 g/mol. The van der Waals surface area contributed by atoms with Gasteiger partial charge in [-0.05, 0) is 43.0 Å². The summed E-state index contributed by atoms with van der Waals surface area (Å²) in [5, 5.41) is 14.3. The Bertz CT molecular complexity index is 1030. The molecule has 0 saturated heterocycles. The van der Waals surface area contributed by atoms with E-state index in [1.54, 1.807) is 6.20 Å². The third-order valence-electron chi connectivity index (χ3n) is 4.49. The van der Waals surface area contributed by atoms with Gasteiger partial charge in [0.05, 0.1) is 12.2 Å². The Kier molecular flexibility index (Phi) is 4.31. The van der Waals surface area contributed by atoms with Crippen LogP contribution in [0.4, 0.5) is 5.82 Å². The van der Waals surface area contributed by atoms with Crippen molar-refractivity contribution in [3.8, 4) is 11.3 Å². The molecule has 4 aromatic rings. The van der Waals surface area contributed by atoms with Gasteiger partial charge >= 0.3 is 0 Å². The molecule has 130 valence electrons. The van der Waals surface area contributed by atoms with Gasteiger partial charge < -0.3 is 5.32 Å². The minimum Gasteiger partial charge on any atom is -0.370 e. The first-order valence-corrected chi connectivity index (χ1v) is 8.71. The van der Waals surface area contributed by atoms with Crippen LogP contribution in [0.15, 0.2) is 61.2 Å². The third-order valence-corrected chi connectivity index (χ3v) is 4.49. The molecule has 0 amide bonds. The Morgan fingerprint density at radius 3 is 2.96 bits per heavy atom. The highest BCUT2D eigenvalue weighted by Crippen LogP contribution is 2.27. The van der Waals surface area contributed by atoms with E-state index < -0.39 is 0 Å². The quantitative estimate of drug-likeness (QED) is 0.594. The number of fused-ring (bicyclic) bond motifs is 1. The number of nitrogens with one attached hydrogen (secondary N) is 1. The van der Waals surface area contributed by atoms with E-state index in [-0.39, 0.29) is 6.04 Å². The van der Waals surface area contributed by atoms with Crippen LogP contribution in [-0.2, 0) is 0 Å². The van der Waals surface area contributed by atoms with Crippen LogP contribution in [0, 0.1) is 0 Å². The zero-order chi connectivity index (χ0) is 17.9. The molecule has 0 fully saturated rings. The Hall–Kier alpha value is -3.28. The van der Waals surface area contributed by atoms with Crippen molar-refractivity contribution in [2.45, 2.75) is 19.9 Å². The molecule has 0 radical (unpaired) electrons. The molecule has 26 heavy (non-hydrogen) atoms. The van der Waals surface area contributed by atoms with Crippen molar-refractivity contribution in [3.05, 3.63) is 66.7 Å². The molecule has 0 aliphatic heterocycles. The molecule has 1 atom stereocenters. The molecule has 3 aromatic heterocycles. The second-order valence-corrected chi connectivity index (χ2v) is 6.16. The summed E-state index contributed by atoms with van der Waals surface area (Å²) in [6, 6.07) is 12.3. The van der Waals surface area contributed by atoms with Gasteiger partial charge in [0, 0.05) is 36.1 Å². The molecule has 0 saturated carbocycles. The van der Waals surface area contributed by atoms with Crippen LogP contribution in [0.2, 0.25) is 0 Å². The lowest BCUT2D eigenvalue weighted by atomic mass is 10.0. The number of hydrogen-bond acceptors (Lipinski definition) is 5. The van der Waals surface area contributed by atoms with E-state index in [2.05, 4.69) is 50.7 Å².